The van der Waals surface area contributed by atoms with Gasteiger partial charge in [0.15, 0.2) is 5.96 Å². The maximum absolute atomic E-state index is 11.8. The Morgan fingerprint density at radius 2 is 1.92 bits per heavy atom. The van der Waals surface area contributed by atoms with Gasteiger partial charge in [-0.05, 0) is 57.2 Å². The lowest BCUT2D eigenvalue weighted by atomic mass is 9.99. The molecule has 2 atom stereocenters. The molecule has 144 valence electrons. The maximum atomic E-state index is 11.8. The first-order valence-corrected chi connectivity index (χ1v) is 9.81. The van der Waals surface area contributed by atoms with E-state index in [1.807, 2.05) is 7.05 Å². The van der Waals surface area contributed by atoms with Crippen LogP contribution in [0.15, 0.2) is 4.99 Å². The summed E-state index contributed by atoms with van der Waals surface area (Å²) in [6.45, 7) is 10.7. The van der Waals surface area contributed by atoms with Crippen molar-refractivity contribution in [3.63, 3.8) is 0 Å². The van der Waals surface area contributed by atoms with Crippen molar-refractivity contribution in [3.05, 3.63) is 0 Å². The molecule has 0 saturated carbocycles. The van der Waals surface area contributed by atoms with Gasteiger partial charge in [0.25, 0.3) is 0 Å². The summed E-state index contributed by atoms with van der Waals surface area (Å²) >= 11 is 0. The summed E-state index contributed by atoms with van der Waals surface area (Å²) in [5, 5.41) is 3.46. The van der Waals surface area contributed by atoms with Crippen molar-refractivity contribution in [2.45, 2.75) is 39.5 Å². The molecule has 0 spiro atoms. The highest BCUT2D eigenvalue weighted by molar-refractivity contribution is 5.82. The molecule has 2 aliphatic rings. The third kappa shape index (κ3) is 5.87. The number of methoxy groups -OCH3 is 1. The molecule has 0 bridgehead atoms. The molecule has 0 amide bonds. The van der Waals surface area contributed by atoms with Gasteiger partial charge in [-0.3, -0.25) is 9.79 Å². The zero-order valence-corrected chi connectivity index (χ0v) is 16.5. The highest BCUT2D eigenvalue weighted by Gasteiger charge is 2.36. The fourth-order valence-electron chi connectivity index (χ4n) is 3.88. The van der Waals surface area contributed by atoms with Crippen molar-refractivity contribution in [1.82, 2.24) is 15.1 Å². The van der Waals surface area contributed by atoms with E-state index in [1.165, 1.54) is 46.0 Å². The molecule has 25 heavy (non-hydrogen) atoms. The van der Waals surface area contributed by atoms with Gasteiger partial charge in [-0.2, -0.15) is 0 Å². The minimum absolute atomic E-state index is 0.0509. The van der Waals surface area contributed by atoms with E-state index < -0.39 is 0 Å². The van der Waals surface area contributed by atoms with Gasteiger partial charge in [-0.25, -0.2) is 0 Å². The minimum Gasteiger partial charge on any atom is -0.469 e. The second kappa shape index (κ2) is 10.00. The van der Waals surface area contributed by atoms with Crippen molar-refractivity contribution in [2.24, 2.45) is 22.7 Å². The number of unbranched alkanes of at least 4 members (excludes halogenated alkanes) is 1. The lowest BCUT2D eigenvalue weighted by molar-refractivity contribution is -0.145. The van der Waals surface area contributed by atoms with Crippen LogP contribution in [0.2, 0.25) is 0 Å². The van der Waals surface area contributed by atoms with Gasteiger partial charge in [-0.15, -0.1) is 0 Å². The van der Waals surface area contributed by atoms with Crippen molar-refractivity contribution in [3.8, 4) is 0 Å². The molecule has 0 aromatic heterocycles. The van der Waals surface area contributed by atoms with Crippen LogP contribution in [0.3, 0.4) is 0 Å². The molecule has 2 saturated heterocycles. The number of aliphatic imine (C=N–C) groups is 1. The molecule has 0 radical (unpaired) electrons. The van der Waals surface area contributed by atoms with E-state index in [0.29, 0.717) is 12.5 Å². The van der Waals surface area contributed by atoms with Gasteiger partial charge in [0, 0.05) is 26.7 Å². The molecular formula is C19H36N4O2. The van der Waals surface area contributed by atoms with E-state index in [0.717, 1.165) is 31.4 Å². The number of nitrogens with zero attached hydrogens (tertiary/aromatic N) is 3. The lowest BCUT2D eigenvalue weighted by Crippen LogP contribution is -2.41. The van der Waals surface area contributed by atoms with Crippen LogP contribution >= 0.6 is 0 Å². The van der Waals surface area contributed by atoms with E-state index in [4.69, 9.17) is 4.74 Å². The second-order valence-corrected chi connectivity index (χ2v) is 7.72. The van der Waals surface area contributed by atoms with Gasteiger partial charge in [0.05, 0.1) is 13.0 Å². The standard InChI is InChI=1S/C19H36N4O2/c1-15-7-11-22(12-8-15)10-6-5-9-21-19(20-3)23-13-16(2)17(14-23)18(24)25-4/h15-17H,5-14H2,1-4H3,(H,20,21). The molecule has 0 aliphatic carbocycles. The van der Waals surface area contributed by atoms with Crippen LogP contribution in [0.4, 0.5) is 0 Å². The van der Waals surface area contributed by atoms with Gasteiger partial charge in [0.2, 0.25) is 0 Å². The van der Waals surface area contributed by atoms with E-state index >= 15 is 0 Å². The Labute approximate surface area is 153 Å². The zero-order valence-electron chi connectivity index (χ0n) is 16.5. The van der Waals surface area contributed by atoms with E-state index in [1.54, 1.807) is 0 Å². The monoisotopic (exact) mass is 352 g/mol. The number of likely N-dealkylation sites (tertiary alicyclic amines) is 2. The highest BCUT2D eigenvalue weighted by atomic mass is 16.5. The highest BCUT2D eigenvalue weighted by Crippen LogP contribution is 2.24. The first kappa shape index (κ1) is 20.0. The molecule has 2 aliphatic heterocycles. The molecule has 6 nitrogen and oxygen atoms in total. The third-order valence-electron chi connectivity index (χ3n) is 5.69. The number of piperidine rings is 1. The van der Waals surface area contributed by atoms with Gasteiger partial charge in [0.1, 0.15) is 0 Å². The summed E-state index contributed by atoms with van der Waals surface area (Å²) < 4.78 is 4.91. The minimum atomic E-state index is -0.110. The Kier molecular flexibility index (Phi) is 8.00. The van der Waals surface area contributed by atoms with Crippen LogP contribution in [0.25, 0.3) is 0 Å². The molecular weight excluding hydrogens is 316 g/mol. The predicted octanol–water partition coefficient (Wildman–Crippen LogP) is 1.81. The summed E-state index contributed by atoms with van der Waals surface area (Å²) in [5.74, 6) is 1.95. The predicted molar refractivity (Wildman–Crippen MR) is 102 cm³/mol. The Balaban J connectivity index is 1.65. The van der Waals surface area contributed by atoms with Crippen molar-refractivity contribution in [1.29, 1.82) is 0 Å². The number of esters is 1. The molecule has 2 fully saturated rings. The average Bonchev–Trinajstić information content (AvgIpc) is 3.00. The summed E-state index contributed by atoms with van der Waals surface area (Å²) in [6, 6.07) is 0. The number of carbonyl (C=O) groups excluding carboxylic acids is 1. The van der Waals surface area contributed by atoms with Crippen LogP contribution in [0.1, 0.15) is 39.5 Å². The third-order valence-corrected chi connectivity index (χ3v) is 5.69. The lowest BCUT2D eigenvalue weighted by Gasteiger charge is -2.30. The smallest absolute Gasteiger partial charge is 0.310 e. The number of hydrogen-bond acceptors (Lipinski definition) is 4. The summed E-state index contributed by atoms with van der Waals surface area (Å²) in [4.78, 5) is 21.0. The topological polar surface area (TPSA) is 57.2 Å². The Morgan fingerprint density at radius 3 is 2.56 bits per heavy atom. The fourth-order valence-corrected chi connectivity index (χ4v) is 3.88. The summed E-state index contributed by atoms with van der Waals surface area (Å²) in [6.07, 6.45) is 5.06. The molecule has 6 heteroatoms. The van der Waals surface area contributed by atoms with Crippen molar-refractivity contribution < 1.29 is 9.53 Å². The number of ether oxygens (including phenoxy) is 1. The molecule has 2 rings (SSSR count). The van der Waals surface area contributed by atoms with E-state index in [-0.39, 0.29) is 11.9 Å². The zero-order chi connectivity index (χ0) is 18.2. The molecule has 1 N–H and O–H groups in total. The van der Waals surface area contributed by atoms with Crippen LogP contribution in [0.5, 0.6) is 0 Å². The Morgan fingerprint density at radius 1 is 1.20 bits per heavy atom. The second-order valence-electron chi connectivity index (χ2n) is 7.72. The number of carbonyl (C=O) groups is 1. The first-order chi connectivity index (χ1) is 12.0. The van der Waals surface area contributed by atoms with E-state index in [2.05, 4.69) is 34.0 Å². The molecule has 0 aromatic carbocycles. The molecule has 0 aromatic rings. The quantitative estimate of drug-likeness (QED) is 0.342. The SMILES string of the molecule is CN=C(NCCCCN1CCC(C)CC1)N1CC(C)C(C(=O)OC)C1. The maximum Gasteiger partial charge on any atom is 0.310 e. The summed E-state index contributed by atoms with van der Waals surface area (Å²) in [5.41, 5.74) is 0. The van der Waals surface area contributed by atoms with Crippen LogP contribution < -0.4 is 5.32 Å². The van der Waals surface area contributed by atoms with Gasteiger partial charge < -0.3 is 19.9 Å². The normalized spacial score (nSPS) is 26.1. The van der Waals surface area contributed by atoms with Crippen molar-refractivity contribution >= 4 is 11.9 Å². The average molecular weight is 353 g/mol. The van der Waals surface area contributed by atoms with Crippen LogP contribution in [-0.2, 0) is 9.53 Å². The number of hydrogen-bond donors (Lipinski definition) is 1. The Bertz CT molecular complexity index is 447. The summed E-state index contributed by atoms with van der Waals surface area (Å²) in [7, 11) is 3.28. The first-order valence-electron chi connectivity index (χ1n) is 9.81. The number of nitrogens with one attached hydrogen (secondary N) is 1. The number of rotatable bonds is 6. The van der Waals surface area contributed by atoms with Gasteiger partial charge in [-0.1, -0.05) is 13.8 Å². The van der Waals surface area contributed by atoms with Crippen LogP contribution in [-0.4, -0.2) is 75.2 Å². The fraction of sp³-hybridized carbons (Fsp3) is 0.895. The van der Waals surface area contributed by atoms with Crippen molar-refractivity contribution in [2.75, 3.05) is 53.4 Å². The molecule has 2 heterocycles. The molecule has 2 unspecified atom stereocenters. The number of guanidine groups is 1. The largest absolute Gasteiger partial charge is 0.469 e. The van der Waals surface area contributed by atoms with Crippen LogP contribution in [0, 0.1) is 17.8 Å². The van der Waals surface area contributed by atoms with Gasteiger partial charge >= 0.3 is 5.97 Å². The van der Waals surface area contributed by atoms with E-state index in [9.17, 15) is 4.79 Å². The Hall–Kier alpha value is -1.30.